The van der Waals surface area contributed by atoms with E-state index in [9.17, 15) is 45.8 Å². The number of nitrogens with zero attached hydrogens (tertiary/aromatic N) is 8. The molecule has 0 saturated heterocycles. The smallest absolute Gasteiger partial charge is 0.373 e. The number of rotatable bonds is 5. The first-order valence-corrected chi connectivity index (χ1v) is 11.0. The van der Waals surface area contributed by atoms with Gasteiger partial charge in [-0.1, -0.05) is 0 Å². The van der Waals surface area contributed by atoms with Crippen LogP contribution in [0.2, 0.25) is 0 Å². The van der Waals surface area contributed by atoms with Crippen molar-refractivity contribution in [3.63, 3.8) is 0 Å². The zero-order valence-corrected chi connectivity index (χ0v) is 20.6. The van der Waals surface area contributed by atoms with Crippen molar-refractivity contribution in [2.75, 3.05) is 0 Å². The van der Waals surface area contributed by atoms with Gasteiger partial charge in [0.15, 0.2) is 0 Å². The fourth-order valence-electron chi connectivity index (χ4n) is 1.67. The summed E-state index contributed by atoms with van der Waals surface area (Å²) in [6, 6.07) is 3.96. The number of nitro benzene ring substituents is 2. The Labute approximate surface area is 214 Å². The van der Waals surface area contributed by atoms with Gasteiger partial charge in [-0.25, -0.2) is 16.8 Å². The summed E-state index contributed by atoms with van der Waals surface area (Å²) in [4.78, 5) is 20.9. The largest absolute Gasteiger partial charge is 1.00 e. The van der Waals surface area contributed by atoms with Gasteiger partial charge in [-0.05, 0) is 29.8 Å². The van der Waals surface area contributed by atoms with Crippen molar-refractivity contribution in [1.82, 2.24) is 0 Å². The molecule has 0 aromatic heterocycles. The molecule has 0 heterocycles. The van der Waals surface area contributed by atoms with Gasteiger partial charge in [0.05, 0.1) is 19.6 Å². The summed E-state index contributed by atoms with van der Waals surface area (Å²) in [5.41, 5.74) is 19.5. The Morgan fingerprint density at radius 3 is 1.53 bits per heavy atom. The summed E-state index contributed by atoms with van der Waals surface area (Å²) in [5.74, 6) is -2.29. The van der Waals surface area contributed by atoms with Crippen LogP contribution in [-0.2, 0) is 19.1 Å². The van der Waals surface area contributed by atoms with Gasteiger partial charge in [0, 0.05) is 32.2 Å². The van der Waals surface area contributed by atoms with Gasteiger partial charge in [0.1, 0.15) is 0 Å². The number of hydrogen-bond donors (Lipinski definition) is 0. The molecule has 2 rings (SSSR count). The number of azide groups is 1. The maximum Gasteiger partial charge on any atom is 1.00 e. The minimum Gasteiger partial charge on any atom is -0.373 e. The van der Waals surface area contributed by atoms with Crippen molar-refractivity contribution in [3.8, 4) is 0 Å². The minimum absolute atomic E-state index is 0. The van der Waals surface area contributed by atoms with E-state index in [0.29, 0.717) is 24.3 Å². The number of hydrogen-bond acceptors (Lipinski definition) is 8. The monoisotopic (exact) mass is 550 g/mol. The second-order valence-corrected chi connectivity index (χ2v) is 9.06. The van der Waals surface area contributed by atoms with Crippen LogP contribution in [0.4, 0.5) is 20.2 Å². The molecule has 16 nitrogen and oxygen atoms in total. The third kappa shape index (κ3) is 10.2. The van der Waals surface area contributed by atoms with Crippen LogP contribution in [0.25, 0.3) is 26.4 Å². The molecule has 0 spiro atoms. The van der Waals surface area contributed by atoms with Crippen LogP contribution in [0.15, 0.2) is 50.7 Å². The molecule has 0 N–H and O–H groups in total. The average Bonchev–Trinajstić information content (AvgIpc) is 2.68. The first kappa shape index (κ1) is 33.1. The molecule has 2 aromatic rings. The van der Waals surface area contributed by atoms with Gasteiger partial charge in [0.25, 0.3) is 19.1 Å². The summed E-state index contributed by atoms with van der Waals surface area (Å²) < 4.78 is 71.8. The molecule has 0 aliphatic carbocycles. The zero-order chi connectivity index (χ0) is 26.0. The molecular formula is C12H6ClF2N8NaO8S2. The minimum atomic E-state index is -4.35. The summed E-state index contributed by atoms with van der Waals surface area (Å²) in [6.45, 7) is 0. The second-order valence-electron chi connectivity index (χ2n) is 4.91. The van der Waals surface area contributed by atoms with Crippen LogP contribution in [0.5, 0.6) is 0 Å². The molecular weight excluding hydrogens is 545 g/mol. The first-order chi connectivity index (χ1) is 15.1. The summed E-state index contributed by atoms with van der Waals surface area (Å²) in [6.07, 6.45) is 0. The van der Waals surface area contributed by atoms with Crippen molar-refractivity contribution in [3.05, 3.63) is 94.7 Å². The van der Waals surface area contributed by atoms with Crippen molar-refractivity contribution >= 4 is 41.1 Å². The molecule has 0 bridgehead atoms. The van der Waals surface area contributed by atoms with Crippen molar-refractivity contribution in [2.24, 2.45) is 4.52 Å². The molecule has 0 saturated carbocycles. The van der Waals surface area contributed by atoms with Crippen LogP contribution in [0.3, 0.4) is 0 Å². The Balaban J connectivity index is 0. The van der Waals surface area contributed by atoms with Crippen LogP contribution in [0, 0.1) is 31.9 Å². The predicted molar refractivity (Wildman–Crippen MR) is 106 cm³/mol. The van der Waals surface area contributed by atoms with Crippen LogP contribution >= 0.6 is 10.7 Å². The van der Waals surface area contributed by atoms with Gasteiger partial charge in [0.2, 0.25) is 11.6 Å². The third-order valence-electron chi connectivity index (χ3n) is 2.95. The van der Waals surface area contributed by atoms with Crippen molar-refractivity contribution < 1.29 is 65.0 Å². The SMILES string of the molecule is O=[N+]([O-])c1cc(S(=O)(=O)Cl)ccc1F.[N-]=[N+]=NS(=O)(=O)c1ccc(F)c([N+](=O)[O-])c1.[N-]=[N+]=[N-].[Na+]. The molecule has 0 aliphatic rings. The van der Waals surface area contributed by atoms with Crippen molar-refractivity contribution in [1.29, 1.82) is 0 Å². The van der Waals surface area contributed by atoms with E-state index < -0.39 is 61.7 Å². The maximum atomic E-state index is 12.9. The molecule has 0 unspecified atom stereocenters. The van der Waals surface area contributed by atoms with E-state index >= 15 is 0 Å². The third-order valence-corrected chi connectivity index (χ3v) is 5.44. The van der Waals surface area contributed by atoms with E-state index in [4.69, 9.17) is 27.3 Å². The van der Waals surface area contributed by atoms with Gasteiger partial charge in [-0.15, -0.1) is 0 Å². The zero-order valence-electron chi connectivity index (χ0n) is 16.3. The van der Waals surface area contributed by atoms with Gasteiger partial charge < -0.3 is 11.1 Å². The van der Waals surface area contributed by atoms with Crippen LogP contribution in [-0.4, -0.2) is 26.7 Å². The summed E-state index contributed by atoms with van der Waals surface area (Å²) >= 11 is 0. The predicted octanol–water partition coefficient (Wildman–Crippen LogP) is 1.26. The number of halogens is 3. The standard InChI is InChI=1S/C6H3ClFNO4S.C6H3FN4O4S.N3.Na/c7-14(12,13)4-1-2-5(8)6(3-4)9(10)11;7-5-2-1-4(3-6(5)11(12)13)16(14,15)10-9-8;1-3-2;/h1-3H;1-3H;;/q;;-1;+1. The summed E-state index contributed by atoms with van der Waals surface area (Å²) in [5, 5.41) is 20.6. The van der Waals surface area contributed by atoms with E-state index in [2.05, 4.69) is 9.43 Å². The Bertz CT molecular complexity index is 1380. The molecule has 0 amide bonds. The molecule has 0 radical (unpaired) electrons. The van der Waals surface area contributed by atoms with Crippen LogP contribution < -0.4 is 29.6 Å². The maximum absolute atomic E-state index is 12.9. The molecule has 2 aromatic carbocycles. The average molecular weight is 551 g/mol. The normalized spacial score (nSPS) is 9.85. The van der Waals surface area contributed by atoms with E-state index in [1.54, 1.807) is 0 Å². The number of nitro groups is 2. The second kappa shape index (κ2) is 14.2. The Kier molecular flexibility index (Phi) is 13.8. The quantitative estimate of drug-likeness (QED) is 0.0991. The van der Waals surface area contributed by atoms with E-state index in [0.717, 1.165) is 12.1 Å². The fraction of sp³-hybridized carbons (Fsp3) is 0. The van der Waals surface area contributed by atoms with Gasteiger partial charge in [-0.3, -0.25) is 25.1 Å². The van der Waals surface area contributed by atoms with E-state index in [1.807, 2.05) is 0 Å². The van der Waals surface area contributed by atoms with Crippen LogP contribution in [0.1, 0.15) is 0 Å². The molecule has 0 atom stereocenters. The first-order valence-electron chi connectivity index (χ1n) is 7.24. The van der Waals surface area contributed by atoms with Crippen molar-refractivity contribution in [2.45, 2.75) is 9.79 Å². The fourth-order valence-corrected chi connectivity index (χ4v) is 3.13. The molecule has 22 heteroatoms. The topological polar surface area (TPSA) is 262 Å². The number of sulfonamides is 1. The van der Waals surface area contributed by atoms with Gasteiger partial charge in [-0.2, -0.15) is 8.78 Å². The summed E-state index contributed by atoms with van der Waals surface area (Å²) in [7, 11) is -3.51. The number of benzene rings is 2. The Hall–Kier alpha value is -3.09. The van der Waals surface area contributed by atoms with E-state index in [1.165, 1.54) is 4.91 Å². The Morgan fingerprint density at radius 2 is 1.21 bits per heavy atom. The molecule has 34 heavy (non-hydrogen) atoms. The van der Waals surface area contributed by atoms with Gasteiger partial charge >= 0.3 is 40.9 Å². The Morgan fingerprint density at radius 1 is 0.853 bits per heavy atom. The van der Waals surface area contributed by atoms with E-state index in [-0.39, 0.29) is 29.6 Å². The molecule has 0 fully saturated rings. The molecule has 176 valence electrons. The molecule has 0 aliphatic heterocycles.